The molecule has 2 amide bonds. The number of piperazine rings is 1. The molecule has 1 aliphatic heterocycles. The van der Waals surface area contributed by atoms with Gasteiger partial charge in [0.25, 0.3) is 0 Å². The average Bonchev–Trinajstić information content (AvgIpc) is 1.89. The van der Waals surface area contributed by atoms with Crippen LogP contribution in [0.5, 0.6) is 0 Å². The molecule has 0 bridgehead atoms. The first-order valence-electron chi connectivity index (χ1n) is 3.24. The lowest BCUT2D eigenvalue weighted by atomic mass is 10.4. The third kappa shape index (κ3) is 1.26. The lowest BCUT2D eigenvalue weighted by Gasteiger charge is -2.40. The van der Waals surface area contributed by atoms with E-state index in [-0.39, 0.29) is 13.1 Å². The highest BCUT2D eigenvalue weighted by atomic mass is 16.6. The summed E-state index contributed by atoms with van der Waals surface area (Å²) in [5, 5.41) is 14.2. The minimum atomic E-state index is -0.868. The molecule has 0 atom stereocenters. The van der Waals surface area contributed by atoms with Crippen LogP contribution in [-0.4, -0.2) is 36.9 Å². The number of hydrogen-bond donors (Lipinski definition) is 2. The van der Waals surface area contributed by atoms with Gasteiger partial charge in [-0.25, -0.2) is 4.79 Å². The van der Waals surface area contributed by atoms with Crippen LogP contribution in [0.4, 0.5) is 4.79 Å². The summed E-state index contributed by atoms with van der Waals surface area (Å²) in [6, 6.07) is -0.776. The van der Waals surface area contributed by atoms with Crippen LogP contribution in [0.25, 0.3) is 0 Å². The molecule has 0 spiro atoms. The van der Waals surface area contributed by atoms with Gasteiger partial charge in [-0.1, -0.05) is 0 Å². The third-order valence-corrected chi connectivity index (χ3v) is 1.70. The van der Waals surface area contributed by atoms with Crippen molar-refractivity contribution >= 4 is 6.03 Å². The number of urea groups is 1. The second-order valence-electron chi connectivity index (χ2n) is 2.42. The largest absolute Gasteiger partial charge is 0.624 e. The van der Waals surface area contributed by atoms with Gasteiger partial charge in [-0.05, 0) is 0 Å². The SMILES string of the molecule is NC(=O)[N+]1([O-])CCNCC1. The van der Waals surface area contributed by atoms with Crippen LogP contribution in [0.15, 0.2) is 0 Å². The van der Waals surface area contributed by atoms with Crippen molar-refractivity contribution in [2.45, 2.75) is 0 Å². The van der Waals surface area contributed by atoms with Crippen molar-refractivity contribution in [1.29, 1.82) is 0 Å². The molecule has 1 fully saturated rings. The molecule has 1 heterocycles. The second-order valence-corrected chi connectivity index (χ2v) is 2.42. The van der Waals surface area contributed by atoms with Crippen LogP contribution >= 0.6 is 0 Å². The van der Waals surface area contributed by atoms with E-state index in [1.807, 2.05) is 0 Å². The van der Waals surface area contributed by atoms with Crippen molar-refractivity contribution in [2.24, 2.45) is 5.73 Å². The lowest BCUT2D eigenvalue weighted by molar-refractivity contribution is -0.800. The Balaban J connectivity index is 2.56. The van der Waals surface area contributed by atoms with Crippen LogP contribution in [0, 0.1) is 5.21 Å². The van der Waals surface area contributed by atoms with Gasteiger partial charge in [-0.15, -0.1) is 0 Å². The first-order valence-corrected chi connectivity index (χ1v) is 3.24. The Morgan fingerprint density at radius 1 is 1.50 bits per heavy atom. The van der Waals surface area contributed by atoms with Crippen molar-refractivity contribution in [2.75, 3.05) is 26.2 Å². The number of nitrogens with one attached hydrogen (secondary N) is 1. The Bertz CT molecular complexity index is 142. The highest BCUT2D eigenvalue weighted by Gasteiger charge is 2.26. The van der Waals surface area contributed by atoms with Crippen LogP contribution in [0.3, 0.4) is 0 Å². The molecule has 0 aromatic carbocycles. The Morgan fingerprint density at radius 2 is 2.00 bits per heavy atom. The number of hydroxylamine groups is 3. The molecule has 0 aromatic rings. The van der Waals surface area contributed by atoms with Crippen LogP contribution in [0.2, 0.25) is 0 Å². The second kappa shape index (κ2) is 2.53. The van der Waals surface area contributed by atoms with Gasteiger partial charge in [0, 0.05) is 13.1 Å². The zero-order chi connectivity index (χ0) is 7.61. The highest BCUT2D eigenvalue weighted by Crippen LogP contribution is 2.04. The summed E-state index contributed by atoms with van der Waals surface area (Å²) in [6.07, 6.45) is 0. The van der Waals surface area contributed by atoms with Gasteiger partial charge >= 0.3 is 6.03 Å². The zero-order valence-corrected chi connectivity index (χ0v) is 5.67. The lowest BCUT2D eigenvalue weighted by Crippen LogP contribution is -2.59. The first kappa shape index (κ1) is 7.46. The van der Waals surface area contributed by atoms with Crippen molar-refractivity contribution in [3.8, 4) is 0 Å². The molecule has 5 nitrogen and oxygen atoms in total. The van der Waals surface area contributed by atoms with Gasteiger partial charge in [0.1, 0.15) is 0 Å². The molecular formula is C5H11N3O2. The number of carbonyl (C=O) groups excluding carboxylic acids is 1. The molecule has 0 radical (unpaired) electrons. The Morgan fingerprint density at radius 3 is 2.30 bits per heavy atom. The van der Waals surface area contributed by atoms with E-state index in [0.717, 1.165) is 0 Å². The van der Waals surface area contributed by atoms with Crippen LogP contribution < -0.4 is 11.1 Å². The fraction of sp³-hybridized carbons (Fsp3) is 0.800. The summed E-state index contributed by atoms with van der Waals surface area (Å²) in [5.74, 6) is 0. The number of quaternary nitrogens is 1. The molecule has 58 valence electrons. The number of nitrogens with two attached hydrogens (primary N) is 1. The van der Waals surface area contributed by atoms with Crippen molar-refractivity contribution < 1.29 is 9.44 Å². The van der Waals surface area contributed by atoms with Gasteiger partial charge in [0.2, 0.25) is 0 Å². The quantitative estimate of drug-likeness (QED) is 0.338. The molecule has 1 rings (SSSR count). The van der Waals surface area contributed by atoms with E-state index < -0.39 is 10.7 Å². The number of primary amides is 1. The van der Waals surface area contributed by atoms with Gasteiger partial charge in [0.15, 0.2) is 0 Å². The minimum absolute atomic E-state index is 0.259. The van der Waals surface area contributed by atoms with E-state index in [1.165, 1.54) is 0 Å². The standard InChI is InChI=1S/C5H11N3O2/c6-5(9)8(10)3-1-7-2-4-8/h7H,1-4H2,(H2,6,9). The van der Waals surface area contributed by atoms with Crippen molar-refractivity contribution in [3.63, 3.8) is 0 Å². The molecule has 1 saturated heterocycles. The zero-order valence-electron chi connectivity index (χ0n) is 5.67. The van der Waals surface area contributed by atoms with E-state index in [2.05, 4.69) is 5.32 Å². The van der Waals surface area contributed by atoms with Crippen molar-refractivity contribution in [1.82, 2.24) is 5.32 Å². The molecule has 0 aromatic heterocycles. The fourth-order valence-corrected chi connectivity index (χ4v) is 0.977. The van der Waals surface area contributed by atoms with Crippen molar-refractivity contribution in [3.05, 3.63) is 5.21 Å². The summed E-state index contributed by atoms with van der Waals surface area (Å²) in [5.41, 5.74) is 4.89. The van der Waals surface area contributed by atoms with Gasteiger partial charge in [0.05, 0.1) is 13.1 Å². The smallest absolute Gasteiger partial charge is 0.414 e. The monoisotopic (exact) mass is 145 g/mol. The predicted octanol–water partition coefficient (Wildman–Crippen LogP) is -1.02. The normalized spacial score (nSPS) is 24.1. The number of rotatable bonds is 0. The molecule has 5 heteroatoms. The Hall–Kier alpha value is -0.650. The van der Waals surface area contributed by atoms with Crippen LogP contribution in [0.1, 0.15) is 0 Å². The maximum absolute atomic E-state index is 11.2. The van der Waals surface area contributed by atoms with E-state index in [4.69, 9.17) is 5.73 Å². The van der Waals surface area contributed by atoms with Gasteiger partial charge in [-0.3, -0.25) is 4.65 Å². The first-order chi connectivity index (χ1) is 4.65. The maximum Gasteiger partial charge on any atom is 0.414 e. The maximum atomic E-state index is 11.2. The van der Waals surface area contributed by atoms with E-state index >= 15 is 0 Å². The van der Waals surface area contributed by atoms with Crippen LogP contribution in [-0.2, 0) is 0 Å². The molecule has 0 saturated carbocycles. The minimum Gasteiger partial charge on any atom is -0.624 e. The number of nitrogens with zero attached hydrogens (tertiary/aromatic N) is 1. The highest BCUT2D eigenvalue weighted by molar-refractivity contribution is 5.64. The Kier molecular flexibility index (Phi) is 1.89. The summed E-state index contributed by atoms with van der Waals surface area (Å²) >= 11 is 0. The molecule has 3 N–H and O–H groups in total. The summed E-state index contributed by atoms with van der Waals surface area (Å²) in [7, 11) is 0. The third-order valence-electron chi connectivity index (χ3n) is 1.70. The van der Waals surface area contributed by atoms with E-state index in [0.29, 0.717) is 13.1 Å². The predicted molar refractivity (Wildman–Crippen MR) is 35.8 cm³/mol. The Labute approximate surface area is 59.0 Å². The van der Waals surface area contributed by atoms with Gasteiger partial charge < -0.3 is 16.3 Å². The topological polar surface area (TPSA) is 78.2 Å². The molecule has 10 heavy (non-hydrogen) atoms. The number of carbonyl (C=O) groups is 1. The number of amides is 2. The molecular weight excluding hydrogens is 134 g/mol. The fourth-order valence-electron chi connectivity index (χ4n) is 0.977. The molecule has 1 aliphatic rings. The summed E-state index contributed by atoms with van der Waals surface area (Å²) < 4.78 is -0.868. The van der Waals surface area contributed by atoms with Gasteiger partial charge in [-0.2, -0.15) is 0 Å². The summed E-state index contributed by atoms with van der Waals surface area (Å²) in [6.45, 7) is 1.67. The summed E-state index contributed by atoms with van der Waals surface area (Å²) in [4.78, 5) is 10.5. The van der Waals surface area contributed by atoms with E-state index in [1.54, 1.807) is 0 Å². The number of hydrogen-bond acceptors (Lipinski definition) is 3. The molecule has 0 unspecified atom stereocenters. The average molecular weight is 145 g/mol. The molecule has 0 aliphatic carbocycles. The van der Waals surface area contributed by atoms with E-state index in [9.17, 15) is 10.0 Å².